The van der Waals surface area contributed by atoms with Crippen LogP contribution < -0.4 is 10.9 Å². The number of Topliss-reactive ketones (excluding diaryl/α,β-unsaturated/α-hetero) is 1. The molecule has 0 spiro atoms. The van der Waals surface area contributed by atoms with Gasteiger partial charge in [0, 0.05) is 51.4 Å². The number of piperazine rings is 1. The van der Waals surface area contributed by atoms with Gasteiger partial charge in [-0.05, 0) is 60.4 Å². The molecule has 2 saturated heterocycles. The lowest BCUT2D eigenvalue weighted by Crippen LogP contribution is -2.57. The van der Waals surface area contributed by atoms with Gasteiger partial charge in [0.1, 0.15) is 0 Å². The summed E-state index contributed by atoms with van der Waals surface area (Å²) in [6, 6.07) is 5.51. The molecule has 4 heterocycles. The first-order chi connectivity index (χ1) is 17.6. The number of anilines is 1. The molecule has 1 unspecified atom stereocenters. The highest BCUT2D eigenvalue weighted by atomic mass is 35.5. The molecule has 1 aromatic carbocycles. The summed E-state index contributed by atoms with van der Waals surface area (Å²) in [7, 11) is 0. The van der Waals surface area contributed by atoms with E-state index in [-0.39, 0.29) is 36.1 Å². The van der Waals surface area contributed by atoms with Gasteiger partial charge in [-0.3, -0.25) is 19.3 Å². The third kappa shape index (κ3) is 5.00. The molecule has 9 nitrogen and oxygen atoms in total. The van der Waals surface area contributed by atoms with Crippen LogP contribution in [0.1, 0.15) is 47.7 Å². The summed E-state index contributed by atoms with van der Waals surface area (Å²) in [5.41, 5.74) is 2.65. The summed E-state index contributed by atoms with van der Waals surface area (Å²) in [5, 5.41) is 15.7. The SMILES string of the molecule is C[C@@H]1CN(Cc2ccsc2)[C@@H](C)CN1C(=O)c1cc2c(cc1Cl)N(N)CC2C(=O)C(=O)N1CC[C@@H](O)C1. The molecule has 2 amide bonds. The number of thiophene rings is 1. The van der Waals surface area contributed by atoms with Gasteiger partial charge in [0.15, 0.2) is 0 Å². The Labute approximate surface area is 225 Å². The topological polar surface area (TPSA) is 110 Å². The van der Waals surface area contributed by atoms with E-state index in [2.05, 4.69) is 28.7 Å². The van der Waals surface area contributed by atoms with Gasteiger partial charge in [-0.15, -0.1) is 0 Å². The second-order valence-electron chi connectivity index (χ2n) is 10.4. The molecule has 2 aromatic rings. The van der Waals surface area contributed by atoms with Crippen LogP contribution in [0.3, 0.4) is 0 Å². The van der Waals surface area contributed by atoms with Crippen LogP contribution in [-0.2, 0) is 16.1 Å². The van der Waals surface area contributed by atoms with Crippen LogP contribution in [0.4, 0.5) is 5.69 Å². The number of nitrogens with zero attached hydrogens (tertiary/aromatic N) is 4. The van der Waals surface area contributed by atoms with E-state index in [9.17, 15) is 19.5 Å². The number of β-amino-alcohol motifs (C(OH)–C–C–N with tert-alkyl or cyclic N) is 1. The minimum Gasteiger partial charge on any atom is -0.391 e. The number of carbonyl (C=O) groups is 3. The van der Waals surface area contributed by atoms with E-state index in [4.69, 9.17) is 17.4 Å². The van der Waals surface area contributed by atoms with E-state index in [1.165, 1.54) is 15.5 Å². The molecule has 4 atom stereocenters. The molecule has 3 N–H and O–H groups in total. The van der Waals surface area contributed by atoms with Crippen molar-refractivity contribution in [1.82, 2.24) is 14.7 Å². The van der Waals surface area contributed by atoms with E-state index in [0.717, 1.165) is 13.1 Å². The maximum atomic E-state index is 13.7. The maximum Gasteiger partial charge on any atom is 0.290 e. The van der Waals surface area contributed by atoms with E-state index in [0.29, 0.717) is 36.3 Å². The fourth-order valence-electron chi connectivity index (χ4n) is 5.59. The molecule has 3 aliphatic rings. The molecular weight excluding hydrogens is 514 g/mol. The summed E-state index contributed by atoms with van der Waals surface area (Å²) < 4.78 is 0. The zero-order chi connectivity index (χ0) is 26.4. The molecule has 0 saturated carbocycles. The van der Waals surface area contributed by atoms with Gasteiger partial charge in [-0.1, -0.05) is 11.6 Å². The first-order valence-corrected chi connectivity index (χ1v) is 13.9. The van der Waals surface area contributed by atoms with Gasteiger partial charge in [0.2, 0.25) is 5.78 Å². The van der Waals surface area contributed by atoms with Gasteiger partial charge < -0.3 is 19.9 Å². The summed E-state index contributed by atoms with van der Waals surface area (Å²) in [5.74, 6) is 3.94. The Morgan fingerprint density at radius 2 is 1.92 bits per heavy atom. The Hall–Kier alpha value is -2.50. The largest absolute Gasteiger partial charge is 0.391 e. The Morgan fingerprint density at radius 3 is 2.59 bits per heavy atom. The third-order valence-corrected chi connectivity index (χ3v) is 8.78. The highest BCUT2D eigenvalue weighted by Crippen LogP contribution is 2.39. The number of aliphatic hydroxyl groups is 1. The third-order valence-electron chi connectivity index (χ3n) is 7.73. The van der Waals surface area contributed by atoms with Crippen LogP contribution in [-0.4, -0.2) is 88.3 Å². The lowest BCUT2D eigenvalue weighted by molar-refractivity contribution is -0.144. The number of halogens is 1. The summed E-state index contributed by atoms with van der Waals surface area (Å²) >= 11 is 8.26. The number of hydrazine groups is 1. The number of ketones is 1. The van der Waals surface area contributed by atoms with Crippen molar-refractivity contribution in [1.29, 1.82) is 0 Å². The highest BCUT2D eigenvalue weighted by molar-refractivity contribution is 7.07. The number of benzene rings is 1. The van der Waals surface area contributed by atoms with E-state index in [1.807, 2.05) is 11.8 Å². The van der Waals surface area contributed by atoms with Crippen LogP contribution in [0.15, 0.2) is 29.0 Å². The van der Waals surface area contributed by atoms with Crippen molar-refractivity contribution in [3.63, 3.8) is 0 Å². The first-order valence-electron chi connectivity index (χ1n) is 12.6. The molecule has 2 fully saturated rings. The van der Waals surface area contributed by atoms with E-state index in [1.54, 1.807) is 23.5 Å². The number of fused-ring (bicyclic) bond motifs is 1. The number of likely N-dealkylation sites (tertiary alicyclic amines) is 1. The minimum atomic E-state index is -0.798. The van der Waals surface area contributed by atoms with Gasteiger partial charge in [-0.2, -0.15) is 11.3 Å². The molecule has 0 aliphatic carbocycles. The minimum absolute atomic E-state index is 0.0294. The molecule has 0 bridgehead atoms. The lowest BCUT2D eigenvalue weighted by Gasteiger charge is -2.44. The van der Waals surface area contributed by atoms with Crippen molar-refractivity contribution in [2.24, 2.45) is 5.84 Å². The van der Waals surface area contributed by atoms with Crippen LogP contribution in [0.5, 0.6) is 0 Å². The molecule has 0 radical (unpaired) electrons. The second-order valence-corrected chi connectivity index (χ2v) is 11.6. The van der Waals surface area contributed by atoms with Crippen molar-refractivity contribution >= 4 is 46.2 Å². The number of rotatable bonds is 5. The van der Waals surface area contributed by atoms with Gasteiger partial charge >= 0.3 is 0 Å². The number of hydrogen-bond acceptors (Lipinski definition) is 8. The molecule has 5 rings (SSSR count). The number of hydrogen-bond donors (Lipinski definition) is 2. The van der Waals surface area contributed by atoms with Gasteiger partial charge in [0.05, 0.1) is 28.3 Å². The Balaban J connectivity index is 1.36. The van der Waals surface area contributed by atoms with E-state index < -0.39 is 23.7 Å². The molecule has 11 heteroatoms. The van der Waals surface area contributed by atoms with Crippen molar-refractivity contribution in [2.45, 2.75) is 50.9 Å². The van der Waals surface area contributed by atoms with Gasteiger partial charge in [0.25, 0.3) is 11.8 Å². The quantitative estimate of drug-likeness (QED) is 0.437. The second kappa shape index (κ2) is 10.3. The lowest BCUT2D eigenvalue weighted by atomic mass is 9.93. The molecule has 1 aromatic heterocycles. The fourth-order valence-corrected chi connectivity index (χ4v) is 6.49. The number of aliphatic hydroxyl groups excluding tert-OH is 1. The van der Waals surface area contributed by atoms with Crippen molar-refractivity contribution < 1.29 is 19.5 Å². The van der Waals surface area contributed by atoms with E-state index >= 15 is 0 Å². The summed E-state index contributed by atoms with van der Waals surface area (Å²) in [6.07, 6.45) is -0.161. The fraction of sp³-hybridized carbons (Fsp3) is 0.500. The number of nitrogens with two attached hydrogens (primary N) is 1. The Morgan fingerprint density at radius 1 is 1.14 bits per heavy atom. The Kier molecular flexibility index (Phi) is 7.30. The van der Waals surface area contributed by atoms with Crippen LogP contribution >= 0.6 is 22.9 Å². The van der Waals surface area contributed by atoms with Crippen LogP contribution in [0, 0.1) is 0 Å². The maximum absolute atomic E-state index is 13.7. The molecule has 37 heavy (non-hydrogen) atoms. The summed E-state index contributed by atoms with van der Waals surface area (Å²) in [4.78, 5) is 45.4. The molecule has 198 valence electrons. The zero-order valence-corrected chi connectivity index (χ0v) is 22.5. The molecular formula is C26H32ClN5O4S. The first kappa shape index (κ1) is 26.1. The Bertz CT molecular complexity index is 1210. The van der Waals surface area contributed by atoms with Crippen molar-refractivity contribution in [3.05, 3.63) is 50.7 Å². The zero-order valence-electron chi connectivity index (χ0n) is 21.0. The normalized spacial score (nSPS) is 26.0. The van der Waals surface area contributed by atoms with Crippen molar-refractivity contribution in [3.8, 4) is 0 Å². The predicted molar refractivity (Wildman–Crippen MR) is 143 cm³/mol. The van der Waals surface area contributed by atoms with Gasteiger partial charge in [-0.25, -0.2) is 5.84 Å². The number of carbonyl (C=O) groups excluding carboxylic acids is 3. The smallest absolute Gasteiger partial charge is 0.290 e. The van der Waals surface area contributed by atoms with Crippen LogP contribution in [0.25, 0.3) is 0 Å². The van der Waals surface area contributed by atoms with Crippen LogP contribution in [0.2, 0.25) is 5.02 Å². The monoisotopic (exact) mass is 545 g/mol. The highest BCUT2D eigenvalue weighted by Gasteiger charge is 2.41. The molecule has 3 aliphatic heterocycles. The predicted octanol–water partition coefficient (Wildman–Crippen LogP) is 2.08. The standard InChI is InChI=1S/C26H32ClN5O4S/c1-15-10-31(16(2)9-30(15)11-17-4-6-37-14-17)25(35)20-7-19-21(13-32(28)23(19)8-22(20)27)24(34)26(36)29-5-3-18(33)12-29/h4,6-8,14-16,18,21,33H,3,5,9-13,28H2,1-2H3/t15-,16+,18+,21?/m0/s1. The van der Waals surface area contributed by atoms with Crippen molar-refractivity contribution in [2.75, 3.05) is 37.7 Å². The summed E-state index contributed by atoms with van der Waals surface area (Å²) in [6.45, 7) is 6.89. The average molecular weight is 546 g/mol. The average Bonchev–Trinajstić information content (AvgIpc) is 3.61. The number of amides is 2.